The number of hydrazone groups is 1. The van der Waals surface area contributed by atoms with Crippen molar-refractivity contribution in [2.45, 2.75) is 25.5 Å². The molecule has 0 saturated heterocycles. The van der Waals surface area contributed by atoms with Crippen LogP contribution in [0.25, 0.3) is 0 Å². The fourth-order valence-corrected chi connectivity index (χ4v) is 2.56. The molecular formula is C20H18ClN3O5. The third-order valence-electron chi connectivity index (χ3n) is 4.05. The molecule has 2 aromatic rings. The lowest BCUT2D eigenvalue weighted by Crippen LogP contribution is -2.38. The standard InChI is InChI=1S/C20H18ClN3O5/c21-16-9-13(10-22-24-19(26)18(25)23-15-6-7-15)3-8-17(16)29-11-12-1-4-14(5-2-12)20(27)28/h1-5,8-10,15H,6-7,11H2,(H,23,25)(H,24,26)(H,27,28)/b22-10-. The van der Waals surface area contributed by atoms with E-state index in [1.54, 1.807) is 30.3 Å². The van der Waals surface area contributed by atoms with E-state index >= 15 is 0 Å². The van der Waals surface area contributed by atoms with Crippen molar-refractivity contribution in [2.75, 3.05) is 0 Å². The maximum absolute atomic E-state index is 11.6. The van der Waals surface area contributed by atoms with Crippen molar-refractivity contribution >= 4 is 35.6 Å². The van der Waals surface area contributed by atoms with E-state index in [4.69, 9.17) is 21.4 Å². The van der Waals surface area contributed by atoms with Gasteiger partial charge >= 0.3 is 17.8 Å². The molecule has 3 rings (SSSR count). The summed E-state index contributed by atoms with van der Waals surface area (Å²) in [5.41, 5.74) is 3.76. The number of carboxylic acids is 1. The van der Waals surface area contributed by atoms with Gasteiger partial charge in [0.2, 0.25) is 0 Å². The zero-order valence-electron chi connectivity index (χ0n) is 15.2. The van der Waals surface area contributed by atoms with Crippen LogP contribution in [0.15, 0.2) is 47.6 Å². The highest BCUT2D eigenvalue weighted by Gasteiger charge is 2.26. The maximum Gasteiger partial charge on any atom is 0.335 e. The number of hydrogen-bond acceptors (Lipinski definition) is 5. The summed E-state index contributed by atoms with van der Waals surface area (Å²) in [6.45, 7) is 0.221. The van der Waals surface area contributed by atoms with E-state index in [-0.39, 0.29) is 18.2 Å². The van der Waals surface area contributed by atoms with Crippen LogP contribution in [0.4, 0.5) is 0 Å². The number of nitrogens with one attached hydrogen (secondary N) is 2. The summed E-state index contributed by atoms with van der Waals surface area (Å²) in [6.07, 6.45) is 3.15. The lowest BCUT2D eigenvalue weighted by molar-refractivity contribution is -0.139. The molecular weight excluding hydrogens is 398 g/mol. The van der Waals surface area contributed by atoms with Gasteiger partial charge in [-0.3, -0.25) is 9.59 Å². The molecule has 0 aliphatic heterocycles. The first kappa shape index (κ1) is 20.3. The first-order chi connectivity index (χ1) is 13.9. The number of carbonyl (C=O) groups is 3. The lowest BCUT2D eigenvalue weighted by Gasteiger charge is -2.09. The van der Waals surface area contributed by atoms with Crippen molar-refractivity contribution in [2.24, 2.45) is 5.10 Å². The summed E-state index contributed by atoms with van der Waals surface area (Å²) in [5.74, 6) is -2.08. The van der Waals surface area contributed by atoms with Gasteiger partial charge in [-0.1, -0.05) is 23.7 Å². The number of carboxylic acid groups (broad SMARTS) is 1. The molecule has 2 amide bonds. The minimum Gasteiger partial charge on any atom is -0.487 e. The van der Waals surface area contributed by atoms with Crippen LogP contribution in [-0.2, 0) is 16.2 Å². The Kier molecular flexibility index (Phi) is 6.46. The van der Waals surface area contributed by atoms with Crippen LogP contribution in [0, 0.1) is 0 Å². The van der Waals surface area contributed by atoms with Gasteiger partial charge in [-0.25, -0.2) is 10.2 Å². The second kappa shape index (κ2) is 9.20. The van der Waals surface area contributed by atoms with E-state index in [0.717, 1.165) is 18.4 Å². The van der Waals surface area contributed by atoms with E-state index in [1.165, 1.54) is 18.3 Å². The molecule has 0 unspecified atom stereocenters. The van der Waals surface area contributed by atoms with Gasteiger partial charge in [-0.2, -0.15) is 5.10 Å². The summed E-state index contributed by atoms with van der Waals surface area (Å²) in [7, 11) is 0. The number of benzene rings is 2. The maximum atomic E-state index is 11.6. The monoisotopic (exact) mass is 415 g/mol. The molecule has 0 radical (unpaired) electrons. The number of halogens is 1. The van der Waals surface area contributed by atoms with Gasteiger partial charge in [0.1, 0.15) is 12.4 Å². The summed E-state index contributed by atoms with van der Waals surface area (Å²) in [4.78, 5) is 33.9. The molecule has 3 N–H and O–H groups in total. The van der Waals surface area contributed by atoms with E-state index < -0.39 is 17.8 Å². The number of nitrogens with zero attached hydrogens (tertiary/aromatic N) is 1. The van der Waals surface area contributed by atoms with Crippen molar-refractivity contribution in [3.8, 4) is 5.75 Å². The second-order valence-electron chi connectivity index (χ2n) is 6.43. The average Bonchev–Trinajstić information content (AvgIpc) is 3.51. The van der Waals surface area contributed by atoms with Crippen molar-refractivity contribution in [1.29, 1.82) is 0 Å². The Morgan fingerprint density at radius 3 is 2.48 bits per heavy atom. The smallest absolute Gasteiger partial charge is 0.335 e. The van der Waals surface area contributed by atoms with Crippen LogP contribution in [0.2, 0.25) is 5.02 Å². The first-order valence-corrected chi connectivity index (χ1v) is 9.18. The van der Waals surface area contributed by atoms with Crippen LogP contribution in [-0.4, -0.2) is 35.1 Å². The van der Waals surface area contributed by atoms with Crippen molar-refractivity contribution < 1.29 is 24.2 Å². The number of carbonyl (C=O) groups excluding carboxylic acids is 2. The van der Waals surface area contributed by atoms with Gasteiger partial charge in [0.15, 0.2) is 0 Å². The molecule has 1 fully saturated rings. The number of amides is 2. The van der Waals surface area contributed by atoms with E-state index in [0.29, 0.717) is 16.3 Å². The van der Waals surface area contributed by atoms with Gasteiger partial charge in [0.25, 0.3) is 0 Å². The molecule has 1 aliphatic carbocycles. The van der Waals surface area contributed by atoms with E-state index in [1.807, 2.05) is 0 Å². The quantitative estimate of drug-likeness (QED) is 0.364. The highest BCUT2D eigenvalue weighted by atomic mass is 35.5. The zero-order valence-corrected chi connectivity index (χ0v) is 16.0. The van der Waals surface area contributed by atoms with Gasteiger partial charge in [0, 0.05) is 6.04 Å². The van der Waals surface area contributed by atoms with Crippen molar-refractivity contribution in [3.05, 3.63) is 64.2 Å². The summed E-state index contributed by atoms with van der Waals surface area (Å²) in [5, 5.41) is 15.5. The third kappa shape index (κ3) is 6.05. The predicted molar refractivity (Wildman–Crippen MR) is 106 cm³/mol. The van der Waals surface area contributed by atoms with E-state index in [9.17, 15) is 14.4 Å². The van der Waals surface area contributed by atoms with Crippen LogP contribution >= 0.6 is 11.6 Å². The van der Waals surface area contributed by atoms with Crippen LogP contribution in [0.1, 0.15) is 34.3 Å². The predicted octanol–water partition coefficient (Wildman–Crippen LogP) is 2.35. The minimum atomic E-state index is -0.988. The average molecular weight is 416 g/mol. The molecule has 0 spiro atoms. The van der Waals surface area contributed by atoms with Crippen LogP contribution in [0.5, 0.6) is 5.75 Å². The molecule has 8 nitrogen and oxygen atoms in total. The lowest BCUT2D eigenvalue weighted by atomic mass is 10.1. The highest BCUT2D eigenvalue weighted by molar-refractivity contribution is 6.35. The normalized spacial score (nSPS) is 13.1. The molecule has 29 heavy (non-hydrogen) atoms. The van der Waals surface area contributed by atoms with Gasteiger partial charge in [-0.15, -0.1) is 0 Å². The number of aromatic carboxylic acids is 1. The molecule has 9 heteroatoms. The first-order valence-electron chi connectivity index (χ1n) is 8.81. The summed E-state index contributed by atoms with van der Waals surface area (Å²) >= 11 is 6.20. The largest absolute Gasteiger partial charge is 0.487 e. The van der Waals surface area contributed by atoms with Gasteiger partial charge < -0.3 is 15.2 Å². The summed E-state index contributed by atoms with van der Waals surface area (Å²) in [6, 6.07) is 11.4. The molecule has 1 aliphatic rings. The molecule has 0 bridgehead atoms. The molecule has 0 atom stereocenters. The topological polar surface area (TPSA) is 117 Å². The Balaban J connectivity index is 1.51. The Morgan fingerprint density at radius 2 is 1.86 bits per heavy atom. The van der Waals surface area contributed by atoms with Crippen LogP contribution < -0.4 is 15.5 Å². The third-order valence-corrected chi connectivity index (χ3v) is 4.35. The Morgan fingerprint density at radius 1 is 1.14 bits per heavy atom. The van der Waals surface area contributed by atoms with E-state index in [2.05, 4.69) is 15.8 Å². The Hall–Kier alpha value is -3.39. The van der Waals surface area contributed by atoms with Gasteiger partial charge in [0.05, 0.1) is 16.8 Å². The minimum absolute atomic E-state index is 0.0960. The highest BCUT2D eigenvalue weighted by Crippen LogP contribution is 2.26. The molecule has 2 aromatic carbocycles. The fraction of sp³-hybridized carbons (Fsp3) is 0.200. The number of hydrogen-bond donors (Lipinski definition) is 3. The molecule has 0 aromatic heterocycles. The second-order valence-corrected chi connectivity index (χ2v) is 6.83. The Labute approximate surface area is 171 Å². The van der Waals surface area contributed by atoms with Crippen LogP contribution in [0.3, 0.4) is 0 Å². The Bertz CT molecular complexity index is 955. The SMILES string of the molecule is O=C(N/N=C\c1ccc(OCc2ccc(C(=O)O)cc2)c(Cl)c1)C(=O)NC1CC1. The molecule has 150 valence electrons. The number of ether oxygens (including phenoxy) is 1. The van der Waals surface area contributed by atoms with Gasteiger partial charge in [-0.05, 0) is 54.3 Å². The molecule has 1 saturated carbocycles. The van der Waals surface area contributed by atoms with Crippen molar-refractivity contribution in [3.63, 3.8) is 0 Å². The fourth-order valence-electron chi connectivity index (χ4n) is 2.31. The number of rotatable bonds is 7. The van der Waals surface area contributed by atoms with Crippen molar-refractivity contribution in [1.82, 2.24) is 10.7 Å². The zero-order chi connectivity index (χ0) is 20.8. The molecule has 0 heterocycles. The summed E-state index contributed by atoms with van der Waals surface area (Å²) < 4.78 is 5.65.